The van der Waals surface area contributed by atoms with Crippen molar-refractivity contribution in [1.82, 2.24) is 10.2 Å². The Bertz CT molecular complexity index is 351. The molecule has 94 valence electrons. The van der Waals surface area contributed by atoms with Crippen molar-refractivity contribution in [3.05, 3.63) is 34.3 Å². The number of amides is 1. The summed E-state index contributed by atoms with van der Waals surface area (Å²) in [5.74, 6) is 0.197. The zero-order valence-corrected chi connectivity index (χ0v) is 12.0. The topological polar surface area (TPSA) is 32.3 Å². The minimum absolute atomic E-state index is 0.197. The van der Waals surface area contributed by atoms with Crippen LogP contribution >= 0.6 is 15.9 Å². The molecule has 0 aliphatic heterocycles. The maximum absolute atomic E-state index is 11.8. The molecule has 0 fully saturated rings. The molecule has 0 aliphatic rings. The molecule has 0 aliphatic carbocycles. The van der Waals surface area contributed by atoms with E-state index in [-0.39, 0.29) is 5.91 Å². The molecule has 1 rings (SSSR count). The number of benzene rings is 1. The number of carbonyl (C=O) groups is 1. The molecule has 3 nitrogen and oxygen atoms in total. The van der Waals surface area contributed by atoms with Gasteiger partial charge in [0.25, 0.3) is 0 Å². The normalized spacial score (nSPS) is 10.3. The average Bonchev–Trinajstić information content (AvgIpc) is 2.32. The minimum atomic E-state index is 0.197. The van der Waals surface area contributed by atoms with Gasteiger partial charge in [0.15, 0.2) is 0 Å². The van der Waals surface area contributed by atoms with Crippen LogP contribution in [0.2, 0.25) is 0 Å². The van der Waals surface area contributed by atoms with Gasteiger partial charge < -0.3 is 10.2 Å². The SMILES string of the molecule is CNCCCC(=O)N(C)Cc1ccc(Br)cc1. The van der Waals surface area contributed by atoms with Crippen molar-refractivity contribution in [3.8, 4) is 0 Å². The van der Waals surface area contributed by atoms with Crippen molar-refractivity contribution in [2.24, 2.45) is 0 Å². The Balaban J connectivity index is 2.40. The van der Waals surface area contributed by atoms with Gasteiger partial charge in [-0.2, -0.15) is 0 Å². The highest BCUT2D eigenvalue weighted by molar-refractivity contribution is 9.10. The molecule has 1 aromatic carbocycles. The van der Waals surface area contributed by atoms with E-state index < -0.39 is 0 Å². The highest BCUT2D eigenvalue weighted by Crippen LogP contribution is 2.12. The lowest BCUT2D eigenvalue weighted by Crippen LogP contribution is -2.26. The third-order valence-electron chi connectivity index (χ3n) is 2.58. The van der Waals surface area contributed by atoms with E-state index in [1.54, 1.807) is 4.90 Å². The number of hydrogen-bond donors (Lipinski definition) is 1. The van der Waals surface area contributed by atoms with Crippen LogP contribution in [0.25, 0.3) is 0 Å². The number of carbonyl (C=O) groups excluding carboxylic acids is 1. The quantitative estimate of drug-likeness (QED) is 0.818. The fourth-order valence-electron chi connectivity index (χ4n) is 1.56. The van der Waals surface area contributed by atoms with Crippen LogP contribution in [-0.4, -0.2) is 31.4 Å². The molecule has 0 saturated carbocycles. The molecular weight excluding hydrogens is 280 g/mol. The van der Waals surface area contributed by atoms with Crippen molar-refractivity contribution in [3.63, 3.8) is 0 Å². The van der Waals surface area contributed by atoms with Gasteiger partial charge >= 0.3 is 0 Å². The van der Waals surface area contributed by atoms with Gasteiger partial charge in [-0.15, -0.1) is 0 Å². The van der Waals surface area contributed by atoms with Crippen LogP contribution in [-0.2, 0) is 11.3 Å². The van der Waals surface area contributed by atoms with E-state index in [2.05, 4.69) is 21.2 Å². The first-order valence-electron chi connectivity index (χ1n) is 5.76. The lowest BCUT2D eigenvalue weighted by Gasteiger charge is -2.17. The van der Waals surface area contributed by atoms with E-state index in [0.717, 1.165) is 23.0 Å². The predicted octanol–water partition coefficient (Wildman–Crippen LogP) is 2.41. The molecule has 0 bridgehead atoms. The summed E-state index contributed by atoms with van der Waals surface area (Å²) in [6.45, 7) is 1.56. The first-order chi connectivity index (χ1) is 8.13. The third-order valence-corrected chi connectivity index (χ3v) is 3.10. The van der Waals surface area contributed by atoms with Crippen LogP contribution in [0.1, 0.15) is 18.4 Å². The van der Waals surface area contributed by atoms with Crippen LogP contribution < -0.4 is 5.32 Å². The van der Waals surface area contributed by atoms with E-state index in [1.807, 2.05) is 38.4 Å². The Morgan fingerprint density at radius 3 is 2.59 bits per heavy atom. The second-order valence-corrected chi connectivity index (χ2v) is 5.00. The van der Waals surface area contributed by atoms with E-state index in [1.165, 1.54) is 0 Å². The molecule has 0 spiro atoms. The number of halogens is 1. The molecule has 0 unspecified atom stereocenters. The smallest absolute Gasteiger partial charge is 0.222 e. The molecule has 1 amide bonds. The summed E-state index contributed by atoms with van der Waals surface area (Å²) in [4.78, 5) is 13.6. The zero-order valence-electron chi connectivity index (χ0n) is 10.4. The lowest BCUT2D eigenvalue weighted by molar-refractivity contribution is -0.130. The van der Waals surface area contributed by atoms with Gasteiger partial charge in [-0.3, -0.25) is 4.79 Å². The molecule has 1 aromatic rings. The van der Waals surface area contributed by atoms with E-state index in [4.69, 9.17) is 0 Å². The van der Waals surface area contributed by atoms with Crippen molar-refractivity contribution in [1.29, 1.82) is 0 Å². The largest absolute Gasteiger partial charge is 0.341 e. The molecule has 4 heteroatoms. The molecule has 17 heavy (non-hydrogen) atoms. The Morgan fingerprint density at radius 1 is 1.35 bits per heavy atom. The zero-order chi connectivity index (χ0) is 12.7. The van der Waals surface area contributed by atoms with Gasteiger partial charge in [-0.25, -0.2) is 0 Å². The summed E-state index contributed by atoms with van der Waals surface area (Å²) in [5, 5.41) is 3.04. The minimum Gasteiger partial charge on any atom is -0.341 e. The molecule has 0 radical (unpaired) electrons. The molecule has 0 atom stereocenters. The second kappa shape index (κ2) is 7.45. The Kier molecular flexibility index (Phi) is 6.22. The van der Waals surface area contributed by atoms with Gasteiger partial charge in [0, 0.05) is 24.5 Å². The highest BCUT2D eigenvalue weighted by Gasteiger charge is 2.08. The second-order valence-electron chi connectivity index (χ2n) is 4.08. The van der Waals surface area contributed by atoms with Crippen LogP contribution in [0.4, 0.5) is 0 Å². The molecule has 0 saturated heterocycles. The lowest BCUT2D eigenvalue weighted by atomic mass is 10.2. The molecule has 1 N–H and O–H groups in total. The van der Waals surface area contributed by atoms with Gasteiger partial charge in [0.05, 0.1) is 0 Å². The van der Waals surface area contributed by atoms with E-state index in [0.29, 0.717) is 13.0 Å². The first-order valence-corrected chi connectivity index (χ1v) is 6.56. The van der Waals surface area contributed by atoms with E-state index >= 15 is 0 Å². The summed E-state index contributed by atoms with van der Waals surface area (Å²) in [7, 11) is 3.75. The standard InChI is InChI=1S/C13H19BrN2O/c1-15-9-3-4-13(17)16(2)10-11-5-7-12(14)8-6-11/h5-8,15H,3-4,9-10H2,1-2H3. The van der Waals surface area contributed by atoms with E-state index in [9.17, 15) is 4.79 Å². The van der Waals surface area contributed by atoms with Crippen molar-refractivity contribution in [2.75, 3.05) is 20.6 Å². The summed E-state index contributed by atoms with van der Waals surface area (Å²) < 4.78 is 1.06. The number of nitrogens with one attached hydrogen (secondary N) is 1. The maximum Gasteiger partial charge on any atom is 0.222 e. The van der Waals surface area contributed by atoms with Gasteiger partial charge in [-0.05, 0) is 37.7 Å². The van der Waals surface area contributed by atoms with Crippen LogP contribution in [0.15, 0.2) is 28.7 Å². The van der Waals surface area contributed by atoms with Crippen molar-refractivity contribution >= 4 is 21.8 Å². The summed E-state index contributed by atoms with van der Waals surface area (Å²) >= 11 is 3.40. The summed E-state index contributed by atoms with van der Waals surface area (Å²) in [6, 6.07) is 8.05. The van der Waals surface area contributed by atoms with Crippen LogP contribution in [0, 0.1) is 0 Å². The van der Waals surface area contributed by atoms with Crippen LogP contribution in [0.3, 0.4) is 0 Å². The van der Waals surface area contributed by atoms with Crippen molar-refractivity contribution in [2.45, 2.75) is 19.4 Å². The molecule has 0 heterocycles. The highest BCUT2D eigenvalue weighted by atomic mass is 79.9. The molecular formula is C13H19BrN2O. The van der Waals surface area contributed by atoms with Crippen molar-refractivity contribution < 1.29 is 4.79 Å². The monoisotopic (exact) mass is 298 g/mol. The Hall–Kier alpha value is -0.870. The summed E-state index contributed by atoms with van der Waals surface area (Å²) in [5.41, 5.74) is 1.15. The Labute approximate surface area is 111 Å². The van der Waals surface area contributed by atoms with Crippen LogP contribution in [0.5, 0.6) is 0 Å². The fraction of sp³-hybridized carbons (Fsp3) is 0.462. The number of rotatable bonds is 6. The Morgan fingerprint density at radius 2 is 2.00 bits per heavy atom. The number of nitrogens with zero attached hydrogens (tertiary/aromatic N) is 1. The first kappa shape index (κ1) is 14.2. The average molecular weight is 299 g/mol. The maximum atomic E-state index is 11.8. The predicted molar refractivity (Wildman–Crippen MR) is 73.8 cm³/mol. The van der Waals surface area contributed by atoms with Gasteiger partial charge in [0.1, 0.15) is 0 Å². The molecule has 0 aromatic heterocycles. The fourth-order valence-corrected chi connectivity index (χ4v) is 1.82. The van der Waals surface area contributed by atoms with Gasteiger partial charge in [-0.1, -0.05) is 28.1 Å². The van der Waals surface area contributed by atoms with Gasteiger partial charge in [0.2, 0.25) is 5.91 Å². The number of hydrogen-bond acceptors (Lipinski definition) is 2. The summed E-state index contributed by atoms with van der Waals surface area (Å²) in [6.07, 6.45) is 1.49. The third kappa shape index (κ3) is 5.33.